The first-order valence-electron chi connectivity index (χ1n) is 9.56. The molecule has 1 aromatic carbocycles. The summed E-state index contributed by atoms with van der Waals surface area (Å²) in [6.45, 7) is 1.96. The monoisotopic (exact) mass is 367 g/mol. The first-order chi connectivity index (χ1) is 13.1. The highest BCUT2D eigenvalue weighted by molar-refractivity contribution is 5.97. The van der Waals surface area contributed by atoms with Gasteiger partial charge in [-0.15, -0.1) is 0 Å². The van der Waals surface area contributed by atoms with Crippen molar-refractivity contribution in [2.24, 2.45) is 5.92 Å². The van der Waals surface area contributed by atoms with Gasteiger partial charge in [-0.25, -0.2) is 4.68 Å². The van der Waals surface area contributed by atoms with Crippen molar-refractivity contribution in [3.63, 3.8) is 0 Å². The topological polar surface area (TPSA) is 79.3 Å². The van der Waals surface area contributed by atoms with Crippen LogP contribution >= 0.6 is 0 Å². The second-order valence-electron chi connectivity index (χ2n) is 7.48. The summed E-state index contributed by atoms with van der Waals surface area (Å²) < 4.78 is 1.63. The van der Waals surface area contributed by atoms with E-state index < -0.39 is 0 Å². The van der Waals surface area contributed by atoms with Crippen molar-refractivity contribution >= 4 is 17.6 Å². The largest absolute Gasteiger partial charge is 0.348 e. The van der Waals surface area contributed by atoms with Crippen LogP contribution in [-0.2, 0) is 4.79 Å². The highest BCUT2D eigenvalue weighted by Crippen LogP contribution is 2.30. The molecular weight excluding hydrogens is 342 g/mol. The molecule has 2 aliphatic rings. The van der Waals surface area contributed by atoms with Crippen LogP contribution in [0.15, 0.2) is 36.4 Å². The summed E-state index contributed by atoms with van der Waals surface area (Å²) in [6, 6.07) is 11.4. The summed E-state index contributed by atoms with van der Waals surface area (Å²) in [4.78, 5) is 27.2. The number of nitrogens with one attached hydrogen (secondary N) is 2. The van der Waals surface area contributed by atoms with E-state index in [1.807, 2.05) is 30.3 Å². The number of piperidine rings is 1. The molecule has 0 atom stereocenters. The maximum atomic E-state index is 12.7. The fourth-order valence-corrected chi connectivity index (χ4v) is 3.33. The molecule has 2 aromatic rings. The smallest absolute Gasteiger partial charge is 0.272 e. The Hall–Kier alpha value is -2.67. The predicted octanol–water partition coefficient (Wildman–Crippen LogP) is 2.04. The van der Waals surface area contributed by atoms with Crippen molar-refractivity contribution in [3.8, 4) is 5.69 Å². The summed E-state index contributed by atoms with van der Waals surface area (Å²) in [7, 11) is 2.09. The molecule has 27 heavy (non-hydrogen) atoms. The summed E-state index contributed by atoms with van der Waals surface area (Å²) in [6.07, 6.45) is 3.73. The highest BCUT2D eigenvalue weighted by atomic mass is 16.2. The van der Waals surface area contributed by atoms with Gasteiger partial charge in [-0.3, -0.25) is 9.59 Å². The Labute approximate surface area is 158 Å². The summed E-state index contributed by atoms with van der Waals surface area (Å²) >= 11 is 0. The van der Waals surface area contributed by atoms with E-state index in [1.54, 1.807) is 10.7 Å². The minimum Gasteiger partial charge on any atom is -0.348 e. The van der Waals surface area contributed by atoms with E-state index in [0.717, 1.165) is 44.5 Å². The van der Waals surface area contributed by atoms with Crippen molar-refractivity contribution < 1.29 is 9.59 Å². The third-order valence-corrected chi connectivity index (χ3v) is 5.20. The summed E-state index contributed by atoms with van der Waals surface area (Å²) in [5, 5.41) is 10.5. The number of carbonyl (C=O) groups is 2. The van der Waals surface area contributed by atoms with Gasteiger partial charge in [0.25, 0.3) is 5.91 Å². The van der Waals surface area contributed by atoms with Crippen LogP contribution in [0.5, 0.6) is 0 Å². The van der Waals surface area contributed by atoms with Crippen molar-refractivity contribution in [1.82, 2.24) is 20.0 Å². The Morgan fingerprint density at radius 1 is 1.07 bits per heavy atom. The Balaban J connectivity index is 1.54. The number of anilines is 1. The molecule has 4 rings (SSSR count). The van der Waals surface area contributed by atoms with Gasteiger partial charge in [0.15, 0.2) is 5.69 Å². The molecule has 1 aliphatic carbocycles. The maximum absolute atomic E-state index is 12.7. The first kappa shape index (κ1) is 17.7. The summed E-state index contributed by atoms with van der Waals surface area (Å²) in [5.74, 6) is 0.419. The number of rotatable bonds is 5. The van der Waals surface area contributed by atoms with Crippen molar-refractivity contribution in [1.29, 1.82) is 0 Å². The van der Waals surface area contributed by atoms with Crippen LogP contribution in [0.25, 0.3) is 5.69 Å². The first-order valence-corrected chi connectivity index (χ1v) is 9.56. The van der Waals surface area contributed by atoms with Crippen LogP contribution in [0.2, 0.25) is 0 Å². The quantitative estimate of drug-likeness (QED) is 0.848. The number of benzene rings is 1. The zero-order chi connectivity index (χ0) is 18.8. The van der Waals surface area contributed by atoms with Crippen LogP contribution in [0.1, 0.15) is 36.2 Å². The van der Waals surface area contributed by atoms with Crippen LogP contribution in [0.4, 0.5) is 5.82 Å². The van der Waals surface area contributed by atoms with Crippen molar-refractivity contribution in [2.75, 3.05) is 25.5 Å². The van der Waals surface area contributed by atoms with Crippen molar-refractivity contribution in [3.05, 3.63) is 42.1 Å². The molecular formula is C20H25N5O2. The fraction of sp³-hybridized carbons (Fsp3) is 0.450. The van der Waals surface area contributed by atoms with Gasteiger partial charge in [0.2, 0.25) is 5.91 Å². The van der Waals surface area contributed by atoms with Crippen LogP contribution in [0.3, 0.4) is 0 Å². The third kappa shape index (κ3) is 4.19. The minimum atomic E-state index is -0.193. The molecule has 0 spiro atoms. The van der Waals surface area contributed by atoms with Crippen molar-refractivity contribution in [2.45, 2.75) is 31.7 Å². The fourth-order valence-electron chi connectivity index (χ4n) is 3.33. The maximum Gasteiger partial charge on any atom is 0.272 e. The lowest BCUT2D eigenvalue weighted by Gasteiger charge is -2.29. The van der Waals surface area contributed by atoms with Gasteiger partial charge in [-0.1, -0.05) is 18.2 Å². The second kappa shape index (κ2) is 7.52. The summed E-state index contributed by atoms with van der Waals surface area (Å²) in [5.41, 5.74) is 1.13. The lowest BCUT2D eigenvalue weighted by atomic mass is 10.1. The molecule has 0 bridgehead atoms. The molecule has 0 unspecified atom stereocenters. The van der Waals surface area contributed by atoms with E-state index >= 15 is 0 Å². The SMILES string of the molecule is CN1CCC(NC(=O)c2cc(NC(=O)C3CC3)n(-c3ccccc3)n2)CC1. The van der Waals surface area contributed by atoms with Gasteiger partial charge in [0.05, 0.1) is 5.69 Å². The van der Waals surface area contributed by atoms with Crippen LogP contribution in [0, 0.1) is 5.92 Å². The molecule has 2 heterocycles. The molecule has 7 nitrogen and oxygen atoms in total. The Morgan fingerprint density at radius 2 is 1.78 bits per heavy atom. The number of aromatic nitrogens is 2. The van der Waals surface area contributed by atoms with E-state index in [0.29, 0.717) is 11.5 Å². The molecule has 1 aromatic heterocycles. The average Bonchev–Trinajstić information content (AvgIpc) is 3.45. The normalized spacial score (nSPS) is 18.3. The van der Waals surface area contributed by atoms with Gasteiger partial charge in [0, 0.05) is 18.0 Å². The van der Waals surface area contributed by atoms with Crippen LogP contribution < -0.4 is 10.6 Å². The van der Waals surface area contributed by atoms with E-state index in [2.05, 4.69) is 27.7 Å². The molecule has 1 saturated heterocycles. The number of nitrogens with zero attached hydrogens (tertiary/aromatic N) is 3. The molecule has 1 saturated carbocycles. The van der Waals surface area contributed by atoms with Crippen LogP contribution in [-0.4, -0.2) is 52.7 Å². The Bertz CT molecular complexity index is 820. The standard InChI is InChI=1S/C20H25N5O2/c1-24-11-9-15(10-12-24)21-20(27)17-13-18(22-19(26)14-7-8-14)25(23-17)16-5-3-2-4-6-16/h2-6,13-15H,7-12H2,1H3,(H,21,27)(H,22,26). The number of para-hydroxylation sites is 1. The van der Waals surface area contributed by atoms with E-state index in [9.17, 15) is 9.59 Å². The zero-order valence-corrected chi connectivity index (χ0v) is 15.5. The van der Waals surface area contributed by atoms with E-state index in [4.69, 9.17) is 0 Å². The van der Waals surface area contributed by atoms with Gasteiger partial charge in [-0.05, 0) is 58.0 Å². The molecule has 7 heteroatoms. The highest BCUT2D eigenvalue weighted by Gasteiger charge is 2.31. The molecule has 2 amide bonds. The minimum absolute atomic E-state index is 0.00523. The number of likely N-dealkylation sites (tertiary alicyclic amines) is 1. The van der Waals surface area contributed by atoms with Gasteiger partial charge < -0.3 is 15.5 Å². The third-order valence-electron chi connectivity index (χ3n) is 5.20. The zero-order valence-electron chi connectivity index (χ0n) is 15.5. The molecule has 0 radical (unpaired) electrons. The average molecular weight is 367 g/mol. The van der Waals surface area contributed by atoms with Gasteiger partial charge >= 0.3 is 0 Å². The molecule has 1 aliphatic heterocycles. The lowest BCUT2D eigenvalue weighted by Crippen LogP contribution is -2.43. The number of hydrogen-bond acceptors (Lipinski definition) is 4. The molecule has 2 fully saturated rings. The van der Waals surface area contributed by atoms with Gasteiger partial charge in [-0.2, -0.15) is 5.10 Å². The Morgan fingerprint density at radius 3 is 2.44 bits per heavy atom. The van der Waals surface area contributed by atoms with E-state index in [1.165, 1.54) is 0 Å². The van der Waals surface area contributed by atoms with E-state index in [-0.39, 0.29) is 23.8 Å². The Kier molecular flexibility index (Phi) is 4.94. The predicted molar refractivity (Wildman–Crippen MR) is 103 cm³/mol. The number of carbonyl (C=O) groups excluding carboxylic acids is 2. The number of hydrogen-bond donors (Lipinski definition) is 2. The molecule has 142 valence electrons. The lowest BCUT2D eigenvalue weighted by molar-refractivity contribution is -0.117. The molecule has 2 N–H and O–H groups in total. The van der Waals surface area contributed by atoms with Gasteiger partial charge in [0.1, 0.15) is 5.82 Å². The number of amides is 2. The second-order valence-corrected chi connectivity index (χ2v) is 7.48.